The molecule has 28 heavy (non-hydrogen) atoms. The van der Waals surface area contributed by atoms with Crippen molar-refractivity contribution in [3.8, 4) is 11.4 Å². The Balaban J connectivity index is 1.31. The summed E-state index contributed by atoms with van der Waals surface area (Å²) in [7, 11) is 0. The van der Waals surface area contributed by atoms with Crippen LogP contribution in [0.5, 0.6) is 0 Å². The van der Waals surface area contributed by atoms with Crippen molar-refractivity contribution in [1.82, 2.24) is 25.0 Å². The van der Waals surface area contributed by atoms with Crippen molar-refractivity contribution in [1.29, 1.82) is 0 Å². The van der Waals surface area contributed by atoms with Crippen LogP contribution in [0.4, 0.5) is 0 Å². The molecule has 8 heteroatoms. The third-order valence-corrected chi connectivity index (χ3v) is 5.06. The zero-order valence-electron chi connectivity index (χ0n) is 15.1. The van der Waals surface area contributed by atoms with Gasteiger partial charge in [0.25, 0.3) is 0 Å². The van der Waals surface area contributed by atoms with Crippen LogP contribution in [0.25, 0.3) is 11.4 Å². The second-order valence-electron chi connectivity index (χ2n) is 6.25. The van der Waals surface area contributed by atoms with Crippen molar-refractivity contribution in [2.75, 3.05) is 6.54 Å². The van der Waals surface area contributed by atoms with Crippen LogP contribution in [0.3, 0.4) is 0 Å². The normalized spacial score (nSPS) is 12.0. The third kappa shape index (κ3) is 4.34. The zero-order valence-corrected chi connectivity index (χ0v) is 15.9. The van der Waals surface area contributed by atoms with Crippen LogP contribution in [0.2, 0.25) is 0 Å². The number of carbonyl (C=O) groups is 1. The highest BCUT2D eigenvalue weighted by atomic mass is 32.1. The summed E-state index contributed by atoms with van der Waals surface area (Å²) in [4.78, 5) is 20.8. The fourth-order valence-corrected chi connectivity index (χ4v) is 3.65. The summed E-state index contributed by atoms with van der Waals surface area (Å²) in [6, 6.07) is 9.62. The third-order valence-electron chi connectivity index (χ3n) is 4.36. The number of hydrogen-bond acceptors (Lipinski definition) is 6. The van der Waals surface area contributed by atoms with Gasteiger partial charge in [-0.15, -0.1) is 0 Å². The van der Waals surface area contributed by atoms with E-state index in [1.807, 2.05) is 42.0 Å². The van der Waals surface area contributed by atoms with Gasteiger partial charge in [0.05, 0.1) is 12.5 Å². The number of amides is 1. The van der Waals surface area contributed by atoms with Crippen molar-refractivity contribution in [3.63, 3.8) is 0 Å². The standard InChI is InChI=1S/C20H19N5O2S/c26-18(13-17(16-6-12-28-14-16)25-10-1-2-11-25)22-9-5-19-23-20(24-27-19)15-3-7-21-8-4-15/h1-4,6-8,10-12,14,17H,5,9,13H2,(H,22,26)/t17-/m1/s1. The van der Waals surface area contributed by atoms with Crippen LogP contribution in [-0.4, -0.2) is 32.1 Å². The molecule has 0 aromatic carbocycles. The van der Waals surface area contributed by atoms with E-state index in [0.717, 1.165) is 11.1 Å². The number of aromatic nitrogens is 4. The molecule has 0 spiro atoms. The summed E-state index contributed by atoms with van der Waals surface area (Å²) < 4.78 is 7.32. The molecule has 1 atom stereocenters. The van der Waals surface area contributed by atoms with Gasteiger partial charge in [-0.1, -0.05) is 5.16 Å². The number of nitrogens with zero attached hydrogens (tertiary/aromatic N) is 4. The Morgan fingerprint density at radius 2 is 2.04 bits per heavy atom. The maximum absolute atomic E-state index is 12.5. The molecule has 0 fully saturated rings. The quantitative estimate of drug-likeness (QED) is 0.496. The highest BCUT2D eigenvalue weighted by Crippen LogP contribution is 2.24. The van der Waals surface area contributed by atoms with Gasteiger partial charge in [0, 0.05) is 43.3 Å². The molecule has 0 radical (unpaired) electrons. The molecule has 4 rings (SSSR count). The molecule has 4 aromatic heterocycles. The fraction of sp³-hybridized carbons (Fsp3) is 0.200. The maximum Gasteiger partial charge on any atom is 0.228 e. The molecule has 1 amide bonds. The van der Waals surface area contributed by atoms with Crippen LogP contribution < -0.4 is 5.32 Å². The Kier molecular flexibility index (Phi) is 5.58. The molecule has 4 aromatic rings. The summed E-state index contributed by atoms with van der Waals surface area (Å²) in [5, 5.41) is 11.0. The van der Waals surface area contributed by atoms with Crippen LogP contribution in [0.15, 0.2) is 70.4 Å². The number of pyridine rings is 1. The highest BCUT2D eigenvalue weighted by Gasteiger charge is 2.18. The van der Waals surface area contributed by atoms with Gasteiger partial charge < -0.3 is 14.4 Å². The Bertz CT molecular complexity index is 962. The van der Waals surface area contributed by atoms with Crippen LogP contribution >= 0.6 is 11.3 Å². The van der Waals surface area contributed by atoms with Gasteiger partial charge in [-0.3, -0.25) is 9.78 Å². The lowest BCUT2D eigenvalue weighted by Crippen LogP contribution is -2.28. The SMILES string of the molecule is O=C(C[C@H](c1ccsc1)n1cccc1)NCCc1nc(-c2ccncc2)no1. The van der Waals surface area contributed by atoms with Crippen LogP contribution in [0, 0.1) is 0 Å². The topological polar surface area (TPSA) is 85.8 Å². The van der Waals surface area contributed by atoms with Crippen molar-refractivity contribution in [2.24, 2.45) is 0 Å². The van der Waals surface area contributed by atoms with Gasteiger partial charge in [-0.05, 0) is 46.7 Å². The predicted octanol–water partition coefficient (Wildman–Crippen LogP) is 3.33. The molecule has 0 aliphatic rings. The largest absolute Gasteiger partial charge is 0.356 e. The Labute approximate surface area is 166 Å². The number of thiophene rings is 1. The first-order chi connectivity index (χ1) is 13.8. The van der Waals surface area contributed by atoms with E-state index in [0.29, 0.717) is 31.1 Å². The summed E-state index contributed by atoms with van der Waals surface area (Å²) in [5.41, 5.74) is 1.98. The first kappa shape index (κ1) is 18.1. The second kappa shape index (κ2) is 8.62. The molecule has 0 saturated carbocycles. The molecular weight excluding hydrogens is 374 g/mol. The average Bonchev–Trinajstić information content (AvgIpc) is 3.49. The second-order valence-corrected chi connectivity index (χ2v) is 7.03. The summed E-state index contributed by atoms with van der Waals surface area (Å²) in [6.07, 6.45) is 8.18. The first-order valence-corrected chi connectivity index (χ1v) is 9.88. The molecule has 0 unspecified atom stereocenters. The molecule has 0 saturated heterocycles. The maximum atomic E-state index is 12.5. The van der Waals surface area contributed by atoms with E-state index >= 15 is 0 Å². The van der Waals surface area contributed by atoms with Crippen LogP contribution in [-0.2, 0) is 11.2 Å². The van der Waals surface area contributed by atoms with Crippen LogP contribution in [0.1, 0.15) is 23.9 Å². The van der Waals surface area contributed by atoms with E-state index in [1.54, 1.807) is 23.7 Å². The van der Waals surface area contributed by atoms with Gasteiger partial charge in [0.1, 0.15) is 0 Å². The molecule has 0 bridgehead atoms. The number of carbonyl (C=O) groups excluding carboxylic acids is 1. The average molecular weight is 393 g/mol. The number of nitrogens with one attached hydrogen (secondary N) is 1. The molecule has 0 aliphatic carbocycles. The Morgan fingerprint density at radius 3 is 2.79 bits per heavy atom. The van der Waals surface area contributed by atoms with E-state index in [-0.39, 0.29) is 11.9 Å². The van der Waals surface area contributed by atoms with Crippen molar-refractivity contribution in [2.45, 2.75) is 18.9 Å². The molecule has 142 valence electrons. The monoisotopic (exact) mass is 393 g/mol. The van der Waals surface area contributed by atoms with Gasteiger partial charge >= 0.3 is 0 Å². The predicted molar refractivity (Wildman–Crippen MR) is 106 cm³/mol. The minimum Gasteiger partial charge on any atom is -0.356 e. The zero-order chi connectivity index (χ0) is 19.2. The number of hydrogen-bond donors (Lipinski definition) is 1. The Morgan fingerprint density at radius 1 is 1.21 bits per heavy atom. The molecule has 7 nitrogen and oxygen atoms in total. The molecule has 0 aliphatic heterocycles. The fourth-order valence-electron chi connectivity index (χ4n) is 2.95. The first-order valence-electron chi connectivity index (χ1n) is 8.94. The highest BCUT2D eigenvalue weighted by molar-refractivity contribution is 7.08. The van der Waals surface area contributed by atoms with Gasteiger partial charge in [-0.25, -0.2) is 0 Å². The van der Waals surface area contributed by atoms with Gasteiger partial charge in [0.2, 0.25) is 17.6 Å². The lowest BCUT2D eigenvalue weighted by Gasteiger charge is -2.17. The van der Waals surface area contributed by atoms with Crippen molar-refractivity contribution < 1.29 is 9.32 Å². The molecule has 1 N–H and O–H groups in total. The Hall–Kier alpha value is -3.26. The van der Waals surface area contributed by atoms with Gasteiger partial charge in [-0.2, -0.15) is 16.3 Å². The number of rotatable bonds is 8. The van der Waals surface area contributed by atoms with E-state index in [9.17, 15) is 4.79 Å². The summed E-state index contributed by atoms with van der Waals surface area (Å²) in [5.74, 6) is 1.000. The minimum absolute atomic E-state index is 0.0112. The smallest absolute Gasteiger partial charge is 0.228 e. The lowest BCUT2D eigenvalue weighted by molar-refractivity contribution is -0.121. The summed E-state index contributed by atoms with van der Waals surface area (Å²) in [6.45, 7) is 0.443. The van der Waals surface area contributed by atoms with Crippen molar-refractivity contribution >= 4 is 17.2 Å². The molecular formula is C20H19N5O2S. The van der Waals surface area contributed by atoms with E-state index < -0.39 is 0 Å². The van der Waals surface area contributed by atoms with Crippen molar-refractivity contribution in [3.05, 3.63) is 77.3 Å². The van der Waals surface area contributed by atoms with E-state index in [1.165, 1.54) is 0 Å². The lowest BCUT2D eigenvalue weighted by atomic mass is 10.1. The minimum atomic E-state index is -0.0150. The molecule has 4 heterocycles. The van der Waals surface area contributed by atoms with E-state index in [4.69, 9.17) is 4.52 Å². The van der Waals surface area contributed by atoms with E-state index in [2.05, 4.69) is 36.5 Å². The van der Waals surface area contributed by atoms with Gasteiger partial charge in [0.15, 0.2) is 0 Å². The summed E-state index contributed by atoms with van der Waals surface area (Å²) >= 11 is 1.63.